The third-order valence-electron chi connectivity index (χ3n) is 4.74. The first-order chi connectivity index (χ1) is 13.1. The van der Waals surface area contributed by atoms with Crippen molar-refractivity contribution in [3.63, 3.8) is 0 Å². The van der Waals surface area contributed by atoms with Crippen LogP contribution in [0.15, 0.2) is 68.1 Å². The van der Waals surface area contributed by atoms with E-state index in [0.717, 1.165) is 25.2 Å². The number of hydrogen-bond donors (Lipinski definition) is 0. The molecule has 0 saturated carbocycles. The Bertz CT molecular complexity index is 968. The fourth-order valence-electron chi connectivity index (χ4n) is 3.39. The smallest absolute Gasteiger partial charge is 0.229 e. The summed E-state index contributed by atoms with van der Waals surface area (Å²) in [4.78, 5) is 16.8. The lowest BCUT2D eigenvalue weighted by Gasteiger charge is -2.42. The van der Waals surface area contributed by atoms with Crippen LogP contribution in [0.4, 0.5) is 5.69 Å². The number of halogens is 2. The quantitative estimate of drug-likeness (QED) is 0.547. The van der Waals surface area contributed by atoms with Crippen molar-refractivity contribution in [3.05, 3.63) is 73.6 Å². The van der Waals surface area contributed by atoms with Crippen molar-refractivity contribution in [2.75, 3.05) is 17.4 Å². The molecular formula is C20H15Br2N3OS. The monoisotopic (exact) mass is 503 g/mol. The SMILES string of the molecule is N#CC1=C2SCN(c3ccc(Br)cc3)CN2C(=O)C[C@H]1c1cccc(Br)c1. The third kappa shape index (κ3) is 3.66. The highest BCUT2D eigenvalue weighted by atomic mass is 79.9. The van der Waals surface area contributed by atoms with E-state index < -0.39 is 0 Å². The van der Waals surface area contributed by atoms with Crippen LogP contribution in [-0.4, -0.2) is 23.4 Å². The highest BCUT2D eigenvalue weighted by molar-refractivity contribution is 9.10. The number of allylic oxidation sites excluding steroid dienone is 1. The van der Waals surface area contributed by atoms with Crippen LogP contribution in [0.3, 0.4) is 0 Å². The van der Waals surface area contributed by atoms with E-state index in [1.54, 1.807) is 16.7 Å². The molecule has 0 bridgehead atoms. The molecule has 1 saturated heterocycles. The normalized spacial score (nSPS) is 19.7. The third-order valence-corrected chi connectivity index (χ3v) is 6.91. The number of hydrogen-bond acceptors (Lipinski definition) is 4. The fourth-order valence-corrected chi connectivity index (χ4v) is 5.23. The van der Waals surface area contributed by atoms with Crippen molar-refractivity contribution in [2.45, 2.75) is 12.3 Å². The molecule has 136 valence electrons. The van der Waals surface area contributed by atoms with E-state index in [1.165, 1.54) is 0 Å². The summed E-state index contributed by atoms with van der Waals surface area (Å²) < 4.78 is 1.98. The maximum absolute atomic E-state index is 12.9. The van der Waals surface area contributed by atoms with Gasteiger partial charge in [-0.3, -0.25) is 9.69 Å². The minimum absolute atomic E-state index is 0.0586. The summed E-state index contributed by atoms with van der Waals surface area (Å²) in [7, 11) is 0. The summed E-state index contributed by atoms with van der Waals surface area (Å²) in [5, 5.41) is 10.6. The van der Waals surface area contributed by atoms with E-state index in [9.17, 15) is 10.1 Å². The number of anilines is 1. The Hall–Kier alpha value is -1.75. The highest BCUT2D eigenvalue weighted by Gasteiger charge is 2.38. The number of nitriles is 1. The average Bonchev–Trinajstić information content (AvgIpc) is 2.68. The van der Waals surface area contributed by atoms with Crippen molar-refractivity contribution in [1.29, 1.82) is 5.26 Å². The zero-order valence-corrected chi connectivity index (χ0v) is 18.2. The van der Waals surface area contributed by atoms with Gasteiger partial charge in [-0.2, -0.15) is 5.26 Å². The van der Waals surface area contributed by atoms with Gasteiger partial charge in [0, 0.05) is 27.0 Å². The second-order valence-corrected chi connectivity index (χ2v) is 9.16. The van der Waals surface area contributed by atoms with Crippen LogP contribution in [-0.2, 0) is 4.79 Å². The predicted octanol–water partition coefficient (Wildman–Crippen LogP) is 5.43. The van der Waals surface area contributed by atoms with Crippen LogP contribution in [0.5, 0.6) is 0 Å². The Kier molecular flexibility index (Phi) is 5.31. The van der Waals surface area contributed by atoms with Gasteiger partial charge < -0.3 is 4.90 Å². The van der Waals surface area contributed by atoms with Crippen LogP contribution in [0, 0.1) is 11.3 Å². The number of rotatable bonds is 2. The molecule has 4 rings (SSSR count). The Morgan fingerprint density at radius 2 is 1.89 bits per heavy atom. The lowest BCUT2D eigenvalue weighted by Crippen LogP contribution is -2.47. The van der Waals surface area contributed by atoms with E-state index in [0.29, 0.717) is 24.5 Å². The maximum Gasteiger partial charge on any atom is 0.229 e. The van der Waals surface area contributed by atoms with Gasteiger partial charge in [0.05, 0.1) is 29.2 Å². The number of carbonyl (C=O) groups is 1. The van der Waals surface area contributed by atoms with E-state index in [-0.39, 0.29) is 11.8 Å². The molecule has 7 heteroatoms. The van der Waals surface area contributed by atoms with Crippen LogP contribution < -0.4 is 4.90 Å². The molecule has 0 N–H and O–H groups in total. The molecule has 2 aromatic rings. The average molecular weight is 505 g/mol. The fraction of sp³-hybridized carbons (Fsp3) is 0.200. The van der Waals surface area contributed by atoms with Gasteiger partial charge in [0.25, 0.3) is 0 Å². The zero-order chi connectivity index (χ0) is 19.0. The second-order valence-electron chi connectivity index (χ2n) is 6.40. The van der Waals surface area contributed by atoms with Crippen molar-refractivity contribution in [3.8, 4) is 6.07 Å². The minimum atomic E-state index is -0.182. The van der Waals surface area contributed by atoms with Crippen molar-refractivity contribution >= 4 is 55.2 Å². The van der Waals surface area contributed by atoms with Crippen molar-refractivity contribution in [1.82, 2.24) is 4.90 Å². The Labute approximate surface area is 179 Å². The number of amides is 1. The first-order valence-electron chi connectivity index (χ1n) is 8.40. The van der Waals surface area contributed by atoms with Crippen LogP contribution >= 0.6 is 43.6 Å². The molecule has 1 atom stereocenters. The first kappa shape index (κ1) is 18.6. The molecule has 0 aliphatic carbocycles. The van der Waals surface area contributed by atoms with Gasteiger partial charge in [0.1, 0.15) is 0 Å². The molecule has 2 heterocycles. The molecule has 1 amide bonds. The Morgan fingerprint density at radius 1 is 1.11 bits per heavy atom. The lowest BCUT2D eigenvalue weighted by molar-refractivity contribution is -0.129. The molecule has 2 aliphatic rings. The highest BCUT2D eigenvalue weighted by Crippen LogP contribution is 2.43. The van der Waals surface area contributed by atoms with Crippen molar-refractivity contribution < 1.29 is 4.79 Å². The topological polar surface area (TPSA) is 47.3 Å². The summed E-state index contributed by atoms with van der Waals surface area (Å²) in [6, 6.07) is 18.3. The Balaban J connectivity index is 1.66. The maximum atomic E-state index is 12.9. The summed E-state index contributed by atoms with van der Waals surface area (Å²) >= 11 is 8.49. The van der Waals surface area contributed by atoms with Gasteiger partial charge >= 0.3 is 0 Å². The van der Waals surface area contributed by atoms with E-state index in [4.69, 9.17) is 0 Å². The molecule has 0 aromatic heterocycles. The number of nitrogens with zero attached hydrogens (tertiary/aromatic N) is 3. The standard InChI is InChI=1S/C20H15Br2N3OS/c21-14-4-6-16(7-5-14)24-11-25-19(26)9-17(13-2-1-3-15(22)8-13)18(10-23)20(25)27-12-24/h1-8,17H,9,11-12H2/t17-/m0/s1. The van der Waals surface area contributed by atoms with E-state index in [2.05, 4.69) is 42.8 Å². The molecule has 2 aliphatic heterocycles. The van der Waals surface area contributed by atoms with Crippen LogP contribution in [0.2, 0.25) is 0 Å². The van der Waals surface area contributed by atoms with E-state index in [1.807, 2.05) is 48.5 Å². The molecule has 4 nitrogen and oxygen atoms in total. The zero-order valence-electron chi connectivity index (χ0n) is 14.2. The number of benzene rings is 2. The van der Waals surface area contributed by atoms with Crippen LogP contribution in [0.25, 0.3) is 0 Å². The molecule has 2 aromatic carbocycles. The van der Waals surface area contributed by atoms with Gasteiger partial charge in [-0.1, -0.05) is 55.8 Å². The largest absolute Gasteiger partial charge is 0.344 e. The molecular weight excluding hydrogens is 490 g/mol. The molecule has 1 fully saturated rings. The first-order valence-corrected chi connectivity index (χ1v) is 11.0. The summed E-state index contributed by atoms with van der Waals surface area (Å²) in [5.41, 5.74) is 2.75. The minimum Gasteiger partial charge on any atom is -0.344 e. The summed E-state index contributed by atoms with van der Waals surface area (Å²) in [5.74, 6) is 0.582. The van der Waals surface area contributed by atoms with Gasteiger partial charge in [0.2, 0.25) is 5.91 Å². The van der Waals surface area contributed by atoms with Gasteiger partial charge in [-0.05, 0) is 42.0 Å². The van der Waals surface area contributed by atoms with Gasteiger partial charge in [0.15, 0.2) is 0 Å². The number of fused-ring (bicyclic) bond motifs is 1. The van der Waals surface area contributed by atoms with Crippen molar-refractivity contribution in [2.24, 2.45) is 0 Å². The molecule has 0 radical (unpaired) electrons. The second kappa shape index (κ2) is 7.70. The molecule has 27 heavy (non-hydrogen) atoms. The summed E-state index contributed by atoms with van der Waals surface area (Å²) in [6.07, 6.45) is 0.317. The molecule has 0 unspecified atom stereocenters. The Morgan fingerprint density at radius 3 is 2.59 bits per heavy atom. The van der Waals surface area contributed by atoms with Gasteiger partial charge in [-0.15, -0.1) is 0 Å². The van der Waals surface area contributed by atoms with E-state index >= 15 is 0 Å². The van der Waals surface area contributed by atoms with Crippen LogP contribution in [0.1, 0.15) is 17.9 Å². The lowest BCUT2D eigenvalue weighted by atomic mass is 9.86. The predicted molar refractivity (Wildman–Crippen MR) is 115 cm³/mol. The summed E-state index contributed by atoms with van der Waals surface area (Å²) in [6.45, 7) is 0.471. The molecule has 0 spiro atoms. The number of thioether (sulfide) groups is 1. The van der Waals surface area contributed by atoms with Gasteiger partial charge in [-0.25, -0.2) is 0 Å². The number of carbonyl (C=O) groups excluding carboxylic acids is 1.